The molecule has 110 valence electrons. The quantitative estimate of drug-likeness (QED) is 0.797. The molecule has 2 aromatic carbocycles. The summed E-state index contributed by atoms with van der Waals surface area (Å²) >= 11 is 3.50. The zero-order valence-corrected chi connectivity index (χ0v) is 14.2. The van der Waals surface area contributed by atoms with E-state index >= 15 is 0 Å². The van der Waals surface area contributed by atoms with E-state index in [0.717, 1.165) is 22.2 Å². The van der Waals surface area contributed by atoms with Crippen LogP contribution < -0.4 is 10.5 Å². The number of ether oxygens (including phenoxy) is 1. The average Bonchev–Trinajstić information content (AvgIpc) is 2.42. The van der Waals surface area contributed by atoms with Gasteiger partial charge < -0.3 is 10.5 Å². The summed E-state index contributed by atoms with van der Waals surface area (Å²) in [6, 6.07) is 10.6. The Balaban J connectivity index is 2.01. The van der Waals surface area contributed by atoms with Crippen molar-refractivity contribution in [2.24, 2.45) is 5.73 Å². The summed E-state index contributed by atoms with van der Waals surface area (Å²) in [5.41, 5.74) is 12.6. The van der Waals surface area contributed by atoms with Gasteiger partial charge in [-0.05, 0) is 55.2 Å². The van der Waals surface area contributed by atoms with E-state index in [9.17, 15) is 0 Å². The summed E-state index contributed by atoms with van der Waals surface area (Å²) in [5, 5.41) is 0. The van der Waals surface area contributed by atoms with Crippen LogP contribution in [0.5, 0.6) is 5.75 Å². The van der Waals surface area contributed by atoms with Crippen LogP contribution in [0.2, 0.25) is 0 Å². The molecule has 2 nitrogen and oxygen atoms in total. The Morgan fingerprint density at radius 1 is 1.00 bits per heavy atom. The molecule has 2 atom stereocenters. The largest absolute Gasteiger partial charge is 0.485 e. The second-order valence-corrected chi connectivity index (χ2v) is 6.84. The van der Waals surface area contributed by atoms with E-state index < -0.39 is 0 Å². The smallest absolute Gasteiger partial charge is 0.126 e. The molecule has 0 spiro atoms. The molecule has 2 N–H and O–H groups in total. The van der Waals surface area contributed by atoms with Gasteiger partial charge in [0.2, 0.25) is 0 Å². The fraction of sp³-hybridized carbons (Fsp3) is 0.333. The lowest BCUT2D eigenvalue weighted by Gasteiger charge is -2.32. The molecule has 0 fully saturated rings. The van der Waals surface area contributed by atoms with Crippen LogP contribution in [0.15, 0.2) is 34.8 Å². The van der Waals surface area contributed by atoms with Crippen LogP contribution in [0.1, 0.15) is 46.4 Å². The van der Waals surface area contributed by atoms with Gasteiger partial charge in [-0.3, -0.25) is 0 Å². The van der Waals surface area contributed by atoms with Gasteiger partial charge in [0.25, 0.3) is 0 Å². The molecule has 0 saturated carbocycles. The maximum absolute atomic E-state index is 6.35. The van der Waals surface area contributed by atoms with Crippen molar-refractivity contribution in [1.82, 2.24) is 0 Å². The molecular weight excluding hydrogens is 326 g/mol. The SMILES string of the molecule is Cc1cc(C)c(C2C[C@@H](N)c3ccc(Br)cc3O2)cc1C. The molecule has 1 unspecified atom stereocenters. The van der Waals surface area contributed by atoms with Crippen LogP contribution in [0.3, 0.4) is 0 Å². The number of benzene rings is 2. The predicted molar refractivity (Wildman–Crippen MR) is 89.7 cm³/mol. The topological polar surface area (TPSA) is 35.2 Å². The normalized spacial score (nSPS) is 20.8. The van der Waals surface area contributed by atoms with Crippen molar-refractivity contribution in [1.29, 1.82) is 0 Å². The highest BCUT2D eigenvalue weighted by atomic mass is 79.9. The first-order valence-corrected chi connectivity index (χ1v) is 8.04. The Morgan fingerprint density at radius 2 is 1.71 bits per heavy atom. The highest BCUT2D eigenvalue weighted by molar-refractivity contribution is 9.10. The van der Waals surface area contributed by atoms with Crippen LogP contribution in [0.4, 0.5) is 0 Å². The van der Waals surface area contributed by atoms with Crippen molar-refractivity contribution in [3.63, 3.8) is 0 Å². The molecule has 0 aromatic heterocycles. The number of rotatable bonds is 1. The van der Waals surface area contributed by atoms with Gasteiger partial charge in [-0.15, -0.1) is 0 Å². The lowest BCUT2D eigenvalue weighted by molar-refractivity contribution is 0.160. The molecule has 0 amide bonds. The van der Waals surface area contributed by atoms with Crippen molar-refractivity contribution in [2.75, 3.05) is 0 Å². The van der Waals surface area contributed by atoms with Crippen LogP contribution >= 0.6 is 15.9 Å². The summed E-state index contributed by atoms with van der Waals surface area (Å²) in [7, 11) is 0. The van der Waals surface area contributed by atoms with E-state index in [1.54, 1.807) is 0 Å². The van der Waals surface area contributed by atoms with E-state index in [2.05, 4.69) is 48.8 Å². The van der Waals surface area contributed by atoms with E-state index in [1.807, 2.05) is 18.2 Å². The van der Waals surface area contributed by atoms with Crippen molar-refractivity contribution in [3.8, 4) is 5.75 Å². The first-order chi connectivity index (χ1) is 9.95. The standard InChI is InChI=1S/C18H20BrNO/c1-10-6-12(3)15(7-11(10)2)18-9-16(20)14-5-4-13(19)8-17(14)21-18/h4-8,16,18H,9,20H2,1-3H3/t16-,18?/m1/s1. The van der Waals surface area contributed by atoms with Gasteiger partial charge in [0.15, 0.2) is 0 Å². The highest BCUT2D eigenvalue weighted by Crippen LogP contribution is 2.41. The number of fused-ring (bicyclic) bond motifs is 1. The number of nitrogens with two attached hydrogens (primary N) is 1. The maximum Gasteiger partial charge on any atom is 0.126 e. The van der Waals surface area contributed by atoms with Gasteiger partial charge in [-0.2, -0.15) is 0 Å². The molecule has 2 aromatic rings. The minimum absolute atomic E-state index is 0.0212. The van der Waals surface area contributed by atoms with Gasteiger partial charge in [0, 0.05) is 22.5 Å². The van der Waals surface area contributed by atoms with Gasteiger partial charge in [0.05, 0.1) is 0 Å². The fourth-order valence-corrected chi connectivity index (χ4v) is 3.34. The number of hydrogen-bond acceptors (Lipinski definition) is 2. The van der Waals surface area contributed by atoms with E-state index in [0.29, 0.717) is 0 Å². The Labute approximate surface area is 134 Å². The van der Waals surface area contributed by atoms with Gasteiger partial charge in [-0.25, -0.2) is 0 Å². The molecule has 3 rings (SSSR count). The van der Waals surface area contributed by atoms with Crippen LogP contribution in [0, 0.1) is 20.8 Å². The molecule has 3 heteroatoms. The Morgan fingerprint density at radius 3 is 2.48 bits per heavy atom. The molecular formula is C18H20BrNO. The molecule has 1 aliphatic heterocycles. The Kier molecular flexibility index (Phi) is 3.80. The summed E-state index contributed by atoms with van der Waals surface area (Å²) in [5.74, 6) is 0.894. The molecule has 0 saturated heterocycles. The number of halogens is 1. The van der Waals surface area contributed by atoms with Crippen LogP contribution in [0.25, 0.3) is 0 Å². The van der Waals surface area contributed by atoms with Crippen LogP contribution in [-0.4, -0.2) is 0 Å². The number of hydrogen-bond donors (Lipinski definition) is 1. The molecule has 0 aliphatic carbocycles. The molecule has 0 radical (unpaired) electrons. The van der Waals surface area contributed by atoms with Gasteiger partial charge >= 0.3 is 0 Å². The van der Waals surface area contributed by atoms with Gasteiger partial charge in [-0.1, -0.05) is 34.1 Å². The second-order valence-electron chi connectivity index (χ2n) is 5.92. The van der Waals surface area contributed by atoms with Crippen molar-refractivity contribution < 1.29 is 4.74 Å². The lowest BCUT2D eigenvalue weighted by atomic mass is 9.90. The predicted octanol–water partition coefficient (Wildman–Crippen LogP) is 4.90. The third-order valence-electron chi connectivity index (χ3n) is 4.34. The molecule has 1 aliphatic rings. The summed E-state index contributed by atoms with van der Waals surface area (Å²) in [6.45, 7) is 6.44. The van der Waals surface area contributed by atoms with Crippen molar-refractivity contribution in [2.45, 2.75) is 39.3 Å². The summed E-state index contributed by atoms with van der Waals surface area (Å²) in [4.78, 5) is 0. The first kappa shape index (κ1) is 14.6. The van der Waals surface area contributed by atoms with E-state index in [1.165, 1.54) is 22.3 Å². The summed E-state index contributed by atoms with van der Waals surface area (Å²) in [6.07, 6.45) is 0.846. The van der Waals surface area contributed by atoms with Gasteiger partial charge in [0.1, 0.15) is 11.9 Å². The lowest BCUT2D eigenvalue weighted by Crippen LogP contribution is -2.24. The maximum atomic E-state index is 6.35. The Bertz CT molecular complexity index is 696. The fourth-order valence-electron chi connectivity index (χ4n) is 3.00. The Hall–Kier alpha value is -1.32. The number of aryl methyl sites for hydroxylation is 3. The third-order valence-corrected chi connectivity index (χ3v) is 4.83. The van der Waals surface area contributed by atoms with E-state index in [-0.39, 0.29) is 12.1 Å². The van der Waals surface area contributed by atoms with Crippen molar-refractivity contribution >= 4 is 15.9 Å². The zero-order chi connectivity index (χ0) is 15.1. The van der Waals surface area contributed by atoms with E-state index in [4.69, 9.17) is 10.5 Å². The average molecular weight is 346 g/mol. The molecule has 21 heavy (non-hydrogen) atoms. The minimum atomic E-state index is 0.0212. The first-order valence-electron chi connectivity index (χ1n) is 7.25. The summed E-state index contributed by atoms with van der Waals surface area (Å²) < 4.78 is 7.25. The minimum Gasteiger partial charge on any atom is -0.485 e. The molecule has 0 bridgehead atoms. The molecule has 1 heterocycles. The van der Waals surface area contributed by atoms with Crippen molar-refractivity contribution in [3.05, 3.63) is 62.6 Å². The highest BCUT2D eigenvalue weighted by Gasteiger charge is 2.28. The zero-order valence-electron chi connectivity index (χ0n) is 12.6. The second kappa shape index (κ2) is 5.47. The third kappa shape index (κ3) is 2.72. The monoisotopic (exact) mass is 345 g/mol. The van der Waals surface area contributed by atoms with Crippen LogP contribution in [-0.2, 0) is 0 Å².